The molecule has 1 heterocycles. The molecule has 19 heavy (non-hydrogen) atoms. The maximum atomic E-state index is 10.4. The Labute approximate surface area is 118 Å². The summed E-state index contributed by atoms with van der Waals surface area (Å²) in [7, 11) is 0. The molecule has 0 spiro atoms. The first-order chi connectivity index (χ1) is 9.20. The molecular weight excluding hydrogens is 262 g/mol. The van der Waals surface area contributed by atoms with Crippen molar-refractivity contribution in [3.05, 3.63) is 59.0 Å². The van der Waals surface area contributed by atoms with Crippen LogP contribution in [0.15, 0.2) is 47.1 Å². The van der Waals surface area contributed by atoms with Gasteiger partial charge in [0.1, 0.15) is 5.76 Å². The lowest BCUT2D eigenvalue weighted by atomic mass is 10.0. The second-order valence-corrected chi connectivity index (χ2v) is 4.91. The van der Waals surface area contributed by atoms with E-state index in [1.165, 1.54) is 0 Å². The molecule has 1 aromatic heterocycles. The number of furan rings is 1. The van der Waals surface area contributed by atoms with E-state index in [4.69, 9.17) is 16.0 Å². The fourth-order valence-corrected chi connectivity index (χ4v) is 2.14. The zero-order valence-electron chi connectivity index (χ0n) is 10.8. The van der Waals surface area contributed by atoms with Crippen molar-refractivity contribution in [3.63, 3.8) is 0 Å². The van der Waals surface area contributed by atoms with Crippen molar-refractivity contribution < 1.29 is 9.52 Å². The highest BCUT2D eigenvalue weighted by Crippen LogP contribution is 2.21. The van der Waals surface area contributed by atoms with E-state index in [-0.39, 0.29) is 6.04 Å². The van der Waals surface area contributed by atoms with Crippen LogP contribution in [0.2, 0.25) is 5.02 Å². The van der Waals surface area contributed by atoms with Crippen molar-refractivity contribution >= 4 is 11.6 Å². The van der Waals surface area contributed by atoms with Gasteiger partial charge in [0.05, 0.1) is 18.9 Å². The summed E-state index contributed by atoms with van der Waals surface area (Å²) >= 11 is 5.85. The topological polar surface area (TPSA) is 45.4 Å². The van der Waals surface area contributed by atoms with Gasteiger partial charge in [-0.05, 0) is 36.2 Å². The van der Waals surface area contributed by atoms with Crippen molar-refractivity contribution in [1.29, 1.82) is 0 Å². The Morgan fingerprint density at radius 2 is 2.00 bits per heavy atom. The standard InChI is InChI=1S/C15H18ClNO2/c1-2-14(17-10-13-4-3-9-19-13)15(18)11-5-7-12(16)8-6-11/h3-9,14-15,17-18H,2,10H2,1H3. The van der Waals surface area contributed by atoms with Crippen molar-refractivity contribution in [1.82, 2.24) is 5.32 Å². The van der Waals surface area contributed by atoms with Gasteiger partial charge >= 0.3 is 0 Å². The lowest BCUT2D eigenvalue weighted by molar-refractivity contribution is 0.124. The molecule has 0 saturated carbocycles. The molecule has 0 fully saturated rings. The summed E-state index contributed by atoms with van der Waals surface area (Å²) in [6, 6.07) is 11.0. The molecule has 1 aromatic carbocycles. The molecule has 2 aromatic rings. The van der Waals surface area contributed by atoms with Crippen LogP contribution in [0.1, 0.15) is 30.8 Å². The zero-order chi connectivity index (χ0) is 13.7. The summed E-state index contributed by atoms with van der Waals surface area (Å²) in [5.41, 5.74) is 0.864. The van der Waals surface area contributed by atoms with E-state index >= 15 is 0 Å². The number of nitrogens with one attached hydrogen (secondary N) is 1. The Hall–Kier alpha value is -1.29. The highest BCUT2D eigenvalue weighted by molar-refractivity contribution is 6.30. The molecule has 3 nitrogen and oxygen atoms in total. The van der Waals surface area contributed by atoms with Gasteiger partial charge in [-0.15, -0.1) is 0 Å². The molecule has 0 bridgehead atoms. The summed E-state index contributed by atoms with van der Waals surface area (Å²) in [4.78, 5) is 0. The maximum absolute atomic E-state index is 10.4. The molecule has 2 atom stereocenters. The van der Waals surface area contributed by atoms with Crippen LogP contribution in [-0.4, -0.2) is 11.1 Å². The van der Waals surface area contributed by atoms with Crippen LogP contribution >= 0.6 is 11.6 Å². The van der Waals surface area contributed by atoms with Crippen LogP contribution in [0.5, 0.6) is 0 Å². The van der Waals surface area contributed by atoms with E-state index in [0.29, 0.717) is 11.6 Å². The van der Waals surface area contributed by atoms with Crippen LogP contribution in [0.4, 0.5) is 0 Å². The average Bonchev–Trinajstić information content (AvgIpc) is 2.93. The van der Waals surface area contributed by atoms with Gasteiger partial charge in [-0.2, -0.15) is 0 Å². The van der Waals surface area contributed by atoms with E-state index in [1.807, 2.05) is 31.2 Å². The van der Waals surface area contributed by atoms with Gasteiger partial charge < -0.3 is 14.8 Å². The molecule has 0 aliphatic rings. The molecular formula is C15H18ClNO2. The molecule has 2 N–H and O–H groups in total. The third-order valence-corrected chi connectivity index (χ3v) is 3.40. The molecule has 2 rings (SSSR count). The second-order valence-electron chi connectivity index (χ2n) is 4.47. The van der Waals surface area contributed by atoms with Crippen molar-refractivity contribution in [2.24, 2.45) is 0 Å². The van der Waals surface area contributed by atoms with Crippen molar-refractivity contribution in [3.8, 4) is 0 Å². The van der Waals surface area contributed by atoms with Crippen molar-refractivity contribution in [2.75, 3.05) is 0 Å². The van der Waals surface area contributed by atoms with E-state index < -0.39 is 6.10 Å². The van der Waals surface area contributed by atoms with Gasteiger partial charge in [0, 0.05) is 11.1 Å². The minimum Gasteiger partial charge on any atom is -0.468 e. The third kappa shape index (κ3) is 3.83. The number of rotatable bonds is 6. The minimum absolute atomic E-state index is 0.0220. The third-order valence-electron chi connectivity index (χ3n) is 3.15. The molecule has 0 aliphatic carbocycles. The first-order valence-corrected chi connectivity index (χ1v) is 6.77. The fraction of sp³-hybridized carbons (Fsp3) is 0.333. The van der Waals surface area contributed by atoms with Crippen LogP contribution in [-0.2, 0) is 6.54 Å². The molecule has 0 aliphatic heterocycles. The van der Waals surface area contributed by atoms with E-state index in [2.05, 4.69) is 5.32 Å². The SMILES string of the molecule is CCC(NCc1ccco1)C(O)c1ccc(Cl)cc1. The van der Waals surface area contributed by atoms with Crippen LogP contribution in [0.3, 0.4) is 0 Å². The van der Waals surface area contributed by atoms with E-state index in [0.717, 1.165) is 17.7 Å². The molecule has 0 saturated heterocycles. The van der Waals surface area contributed by atoms with Crippen LogP contribution < -0.4 is 5.32 Å². The summed E-state index contributed by atoms with van der Waals surface area (Å²) in [5, 5.41) is 14.3. The smallest absolute Gasteiger partial charge is 0.117 e. The van der Waals surface area contributed by atoms with Gasteiger partial charge in [0.15, 0.2) is 0 Å². The fourth-order valence-electron chi connectivity index (χ4n) is 2.02. The molecule has 102 valence electrons. The second kappa shape index (κ2) is 6.75. The quantitative estimate of drug-likeness (QED) is 0.850. The minimum atomic E-state index is -0.558. The van der Waals surface area contributed by atoms with Crippen LogP contribution in [0.25, 0.3) is 0 Å². The normalized spacial score (nSPS) is 14.3. The number of benzene rings is 1. The summed E-state index contributed by atoms with van der Waals surface area (Å²) in [6.45, 7) is 2.65. The first kappa shape index (κ1) is 14.1. The summed E-state index contributed by atoms with van der Waals surface area (Å²) < 4.78 is 5.27. The number of halogens is 1. The predicted molar refractivity (Wildman–Crippen MR) is 76.0 cm³/mol. The van der Waals surface area contributed by atoms with E-state index in [1.54, 1.807) is 18.4 Å². The van der Waals surface area contributed by atoms with Gasteiger partial charge in [0.2, 0.25) is 0 Å². The average molecular weight is 280 g/mol. The highest BCUT2D eigenvalue weighted by Gasteiger charge is 2.18. The first-order valence-electron chi connectivity index (χ1n) is 6.40. The van der Waals surface area contributed by atoms with Crippen LogP contribution in [0, 0.1) is 0 Å². The Bertz CT molecular complexity index is 481. The lowest BCUT2D eigenvalue weighted by Crippen LogP contribution is -2.33. The van der Waals surface area contributed by atoms with Gasteiger partial charge in [-0.1, -0.05) is 30.7 Å². The number of aliphatic hydroxyl groups excluding tert-OH is 1. The van der Waals surface area contributed by atoms with Gasteiger partial charge in [0.25, 0.3) is 0 Å². The van der Waals surface area contributed by atoms with Crippen molar-refractivity contribution in [2.45, 2.75) is 32.0 Å². The van der Waals surface area contributed by atoms with Gasteiger partial charge in [-0.25, -0.2) is 0 Å². The largest absolute Gasteiger partial charge is 0.468 e. The summed E-state index contributed by atoms with van der Waals surface area (Å²) in [6.07, 6.45) is 1.91. The summed E-state index contributed by atoms with van der Waals surface area (Å²) in [5.74, 6) is 0.863. The Balaban J connectivity index is 1.98. The molecule has 4 heteroatoms. The Kier molecular flexibility index (Phi) is 5.02. The molecule has 0 radical (unpaired) electrons. The zero-order valence-corrected chi connectivity index (χ0v) is 11.6. The maximum Gasteiger partial charge on any atom is 0.117 e. The Morgan fingerprint density at radius 1 is 1.26 bits per heavy atom. The highest BCUT2D eigenvalue weighted by atomic mass is 35.5. The predicted octanol–water partition coefficient (Wildman–Crippen LogP) is 3.53. The lowest BCUT2D eigenvalue weighted by Gasteiger charge is -2.23. The number of aliphatic hydroxyl groups is 1. The number of hydrogen-bond donors (Lipinski definition) is 2. The molecule has 2 unspecified atom stereocenters. The van der Waals surface area contributed by atoms with E-state index in [9.17, 15) is 5.11 Å². The monoisotopic (exact) mass is 279 g/mol. The molecule has 0 amide bonds. The number of hydrogen-bond acceptors (Lipinski definition) is 3. The Morgan fingerprint density at radius 3 is 2.58 bits per heavy atom. The van der Waals surface area contributed by atoms with Gasteiger partial charge in [-0.3, -0.25) is 0 Å².